The molecule has 0 saturated heterocycles. The van der Waals surface area contributed by atoms with E-state index in [4.69, 9.17) is 9.47 Å². The number of hydrogen-bond acceptors (Lipinski definition) is 4. The van der Waals surface area contributed by atoms with Crippen molar-refractivity contribution in [2.24, 2.45) is 0 Å². The molecule has 1 heterocycles. The molecule has 4 nitrogen and oxygen atoms in total. The van der Waals surface area contributed by atoms with Crippen LogP contribution in [0.5, 0.6) is 23.0 Å². The predicted molar refractivity (Wildman–Crippen MR) is 215 cm³/mol. The van der Waals surface area contributed by atoms with Gasteiger partial charge in [0, 0.05) is 34.2 Å². The third-order valence-electron chi connectivity index (χ3n) is 9.82. The number of rotatable bonds is 6. The van der Waals surface area contributed by atoms with Gasteiger partial charge in [0.05, 0.1) is 16.8 Å². The highest BCUT2D eigenvalue weighted by Crippen LogP contribution is 2.51. The minimum atomic E-state index is 0.652. The fourth-order valence-corrected chi connectivity index (χ4v) is 7.39. The lowest BCUT2D eigenvalue weighted by atomic mass is 10.0. The number of benzene rings is 9. The number of para-hydroxylation sites is 2. The molecule has 0 spiro atoms. The summed E-state index contributed by atoms with van der Waals surface area (Å²) in [5, 5.41) is 6.73. The summed E-state index contributed by atoms with van der Waals surface area (Å²) in [6, 6.07) is 67.7. The summed E-state index contributed by atoms with van der Waals surface area (Å²) in [5.41, 5.74) is 6.25. The summed E-state index contributed by atoms with van der Waals surface area (Å²) in [4.78, 5) is 4.57. The molecule has 9 aromatic carbocycles. The van der Waals surface area contributed by atoms with Crippen molar-refractivity contribution in [3.05, 3.63) is 194 Å². The van der Waals surface area contributed by atoms with E-state index in [9.17, 15) is 0 Å². The van der Waals surface area contributed by atoms with Crippen LogP contribution in [0.1, 0.15) is 0 Å². The van der Waals surface area contributed by atoms with E-state index >= 15 is 0 Å². The molecular formula is C48H32N2O2. The molecule has 0 amide bonds. The van der Waals surface area contributed by atoms with Crippen molar-refractivity contribution in [3.63, 3.8) is 0 Å². The van der Waals surface area contributed by atoms with Crippen molar-refractivity contribution in [2.75, 3.05) is 9.80 Å². The lowest BCUT2D eigenvalue weighted by Crippen LogP contribution is -2.10. The van der Waals surface area contributed by atoms with Gasteiger partial charge in [0.15, 0.2) is 11.5 Å². The van der Waals surface area contributed by atoms with E-state index in [1.807, 2.05) is 18.2 Å². The van der Waals surface area contributed by atoms with E-state index in [1.165, 1.54) is 21.5 Å². The van der Waals surface area contributed by atoms with Crippen LogP contribution in [0.4, 0.5) is 34.1 Å². The minimum absolute atomic E-state index is 0.652. The Morgan fingerprint density at radius 2 is 0.788 bits per heavy atom. The van der Waals surface area contributed by atoms with Crippen LogP contribution in [0, 0.1) is 0 Å². The van der Waals surface area contributed by atoms with Crippen molar-refractivity contribution in [1.82, 2.24) is 0 Å². The molecule has 10 rings (SSSR count). The van der Waals surface area contributed by atoms with Crippen LogP contribution < -0.4 is 19.3 Å². The van der Waals surface area contributed by atoms with Crippen LogP contribution in [0.25, 0.3) is 32.3 Å². The zero-order chi connectivity index (χ0) is 34.4. The Morgan fingerprint density at radius 1 is 0.288 bits per heavy atom. The highest BCUT2D eigenvalue weighted by Gasteiger charge is 2.25. The monoisotopic (exact) mass is 668 g/mol. The summed E-state index contributed by atoms with van der Waals surface area (Å²) in [6.07, 6.45) is 0. The van der Waals surface area contributed by atoms with Gasteiger partial charge in [-0.3, -0.25) is 0 Å². The maximum atomic E-state index is 6.84. The molecule has 0 aliphatic carbocycles. The molecule has 0 saturated carbocycles. The molecule has 0 bridgehead atoms. The lowest BCUT2D eigenvalue weighted by molar-refractivity contribution is 0.439. The van der Waals surface area contributed by atoms with Gasteiger partial charge in [-0.25, -0.2) is 0 Å². The van der Waals surface area contributed by atoms with Gasteiger partial charge in [0.1, 0.15) is 11.5 Å². The molecule has 9 aromatic rings. The number of anilines is 6. The second-order valence-electron chi connectivity index (χ2n) is 13.0. The van der Waals surface area contributed by atoms with Crippen molar-refractivity contribution in [1.29, 1.82) is 0 Å². The van der Waals surface area contributed by atoms with Crippen molar-refractivity contribution in [3.8, 4) is 23.0 Å². The Kier molecular flexibility index (Phi) is 7.10. The van der Waals surface area contributed by atoms with Crippen molar-refractivity contribution >= 4 is 66.4 Å². The fourth-order valence-electron chi connectivity index (χ4n) is 7.39. The Bertz CT molecular complexity index is 2760. The van der Waals surface area contributed by atoms with E-state index < -0.39 is 0 Å². The first-order valence-corrected chi connectivity index (χ1v) is 17.5. The number of nitrogens with zero attached hydrogens (tertiary/aromatic N) is 2. The zero-order valence-corrected chi connectivity index (χ0v) is 28.2. The number of ether oxygens (including phenoxy) is 2. The molecule has 0 fully saturated rings. The SMILES string of the molecule is c1ccc(N(c2ccc3c(c2)Oc2ccc(N(c4ccccc4)c4ccc5ccccc5c4)c4cccc(c24)O3)c2ccc3ccccc3c2)cc1. The van der Waals surface area contributed by atoms with Gasteiger partial charge in [0.2, 0.25) is 0 Å². The summed E-state index contributed by atoms with van der Waals surface area (Å²) in [7, 11) is 0. The van der Waals surface area contributed by atoms with E-state index in [1.54, 1.807) is 0 Å². The Balaban J connectivity index is 1.10. The average molecular weight is 669 g/mol. The van der Waals surface area contributed by atoms with Gasteiger partial charge in [-0.1, -0.05) is 109 Å². The van der Waals surface area contributed by atoms with E-state index in [0.29, 0.717) is 11.5 Å². The van der Waals surface area contributed by atoms with Crippen molar-refractivity contribution < 1.29 is 9.47 Å². The van der Waals surface area contributed by atoms with Gasteiger partial charge < -0.3 is 19.3 Å². The highest BCUT2D eigenvalue weighted by atomic mass is 16.5. The van der Waals surface area contributed by atoms with E-state index in [2.05, 4.69) is 186 Å². The van der Waals surface area contributed by atoms with Crippen molar-refractivity contribution in [2.45, 2.75) is 0 Å². The second kappa shape index (κ2) is 12.4. The molecule has 1 aliphatic rings. The largest absolute Gasteiger partial charge is 0.453 e. The first-order chi connectivity index (χ1) is 25.8. The van der Waals surface area contributed by atoms with Gasteiger partial charge >= 0.3 is 0 Å². The number of fused-ring (bicyclic) bond motifs is 3. The molecule has 246 valence electrons. The molecule has 0 N–H and O–H groups in total. The first-order valence-electron chi connectivity index (χ1n) is 17.5. The van der Waals surface area contributed by atoms with Gasteiger partial charge in [-0.05, 0) is 100 Å². The van der Waals surface area contributed by atoms with Gasteiger partial charge in [-0.15, -0.1) is 0 Å². The molecule has 52 heavy (non-hydrogen) atoms. The van der Waals surface area contributed by atoms with Crippen LogP contribution in [0.2, 0.25) is 0 Å². The minimum Gasteiger partial charge on any atom is -0.453 e. The average Bonchev–Trinajstić information content (AvgIpc) is 3.37. The van der Waals surface area contributed by atoms with Crippen LogP contribution >= 0.6 is 0 Å². The van der Waals surface area contributed by atoms with Crippen LogP contribution in [0.3, 0.4) is 0 Å². The predicted octanol–water partition coefficient (Wildman–Crippen LogP) is 14.0. The summed E-state index contributed by atoms with van der Waals surface area (Å²) in [6.45, 7) is 0. The normalized spacial score (nSPS) is 11.8. The maximum Gasteiger partial charge on any atom is 0.172 e. The zero-order valence-electron chi connectivity index (χ0n) is 28.2. The number of hydrogen-bond donors (Lipinski definition) is 0. The Morgan fingerprint density at radius 3 is 1.46 bits per heavy atom. The topological polar surface area (TPSA) is 24.9 Å². The molecule has 4 heteroatoms. The fraction of sp³-hybridized carbons (Fsp3) is 0. The van der Waals surface area contributed by atoms with E-state index in [-0.39, 0.29) is 0 Å². The third kappa shape index (κ3) is 5.17. The van der Waals surface area contributed by atoms with Crippen LogP contribution in [0.15, 0.2) is 194 Å². The third-order valence-corrected chi connectivity index (χ3v) is 9.82. The van der Waals surface area contributed by atoms with Crippen LogP contribution in [-0.4, -0.2) is 0 Å². The van der Waals surface area contributed by atoms with Gasteiger partial charge in [-0.2, -0.15) is 0 Å². The summed E-state index contributed by atoms with van der Waals surface area (Å²) < 4.78 is 13.6. The maximum absolute atomic E-state index is 6.84. The summed E-state index contributed by atoms with van der Waals surface area (Å²) >= 11 is 0. The standard InChI is InChI=1S/C48H32N2O2/c1-3-16-37(17-4-1)49(39-24-22-33-12-7-9-14-35(33)30-39)41-26-28-44-47(32-41)52-46-29-27-43(42-20-11-21-45(51-44)48(42)46)50(38-18-5-2-6-19-38)40-25-23-34-13-8-10-15-36(34)31-40/h1-32H. The Hall–Kier alpha value is -7.04. The summed E-state index contributed by atoms with van der Waals surface area (Å²) in [5.74, 6) is 2.81. The molecule has 0 radical (unpaired) electrons. The second-order valence-corrected chi connectivity index (χ2v) is 13.0. The molecule has 0 aromatic heterocycles. The molecule has 1 aliphatic heterocycles. The smallest absolute Gasteiger partial charge is 0.172 e. The van der Waals surface area contributed by atoms with Crippen LogP contribution in [-0.2, 0) is 0 Å². The molecular weight excluding hydrogens is 637 g/mol. The Labute approximate surface area is 302 Å². The van der Waals surface area contributed by atoms with E-state index in [0.717, 1.165) is 56.4 Å². The first kappa shape index (κ1) is 29.8. The van der Waals surface area contributed by atoms with Gasteiger partial charge in [0.25, 0.3) is 0 Å². The quantitative estimate of drug-likeness (QED) is 0.176. The molecule has 0 unspecified atom stereocenters. The molecule has 0 atom stereocenters. The lowest BCUT2D eigenvalue weighted by Gasteiger charge is -2.27. The highest BCUT2D eigenvalue weighted by molar-refractivity contribution is 6.06.